The Bertz CT molecular complexity index is 744. The molecule has 0 unspecified atom stereocenters. The smallest absolute Gasteiger partial charge is 0.387 e. The lowest BCUT2D eigenvalue weighted by molar-refractivity contribution is -0.0498. The molecule has 0 heterocycles. The molecule has 0 aromatic heterocycles. The van der Waals surface area contributed by atoms with Crippen molar-refractivity contribution in [3.63, 3.8) is 0 Å². The van der Waals surface area contributed by atoms with Gasteiger partial charge in [0.25, 0.3) is 0 Å². The van der Waals surface area contributed by atoms with Gasteiger partial charge >= 0.3 is 6.61 Å². The summed E-state index contributed by atoms with van der Waals surface area (Å²) in [5, 5.41) is 6.81. The average molecular weight is 373 g/mol. The van der Waals surface area contributed by atoms with Crippen molar-refractivity contribution in [1.29, 1.82) is 0 Å². The van der Waals surface area contributed by atoms with E-state index >= 15 is 0 Å². The van der Waals surface area contributed by atoms with E-state index in [1.54, 1.807) is 31.2 Å². The normalized spacial score (nSPS) is 10.4. The van der Waals surface area contributed by atoms with Crippen LogP contribution in [-0.4, -0.2) is 18.8 Å². The zero-order chi connectivity index (χ0) is 17.7. The number of aryl methyl sites for hydroxylation is 1. The topological polar surface area (TPSA) is 42.5 Å². The monoisotopic (exact) mass is 372 g/mol. The van der Waals surface area contributed by atoms with Crippen LogP contribution in [0.1, 0.15) is 5.56 Å². The van der Waals surface area contributed by atoms with Crippen LogP contribution >= 0.6 is 23.8 Å². The van der Waals surface area contributed by atoms with Gasteiger partial charge in [-0.2, -0.15) is 8.78 Å². The fourth-order valence-corrected chi connectivity index (χ4v) is 2.40. The van der Waals surface area contributed by atoms with Gasteiger partial charge in [0.2, 0.25) is 0 Å². The number of halogens is 3. The summed E-state index contributed by atoms with van der Waals surface area (Å²) in [5.74, 6) is 0.671. The fraction of sp³-hybridized carbons (Fsp3) is 0.188. The van der Waals surface area contributed by atoms with Crippen molar-refractivity contribution in [2.45, 2.75) is 13.5 Å². The van der Waals surface area contributed by atoms with Crippen LogP contribution in [0.25, 0.3) is 0 Å². The van der Waals surface area contributed by atoms with Crippen molar-refractivity contribution in [2.24, 2.45) is 0 Å². The summed E-state index contributed by atoms with van der Waals surface area (Å²) in [6.45, 7) is -1.11. The van der Waals surface area contributed by atoms with E-state index in [0.29, 0.717) is 32.8 Å². The predicted octanol–water partition coefficient (Wildman–Crippen LogP) is 5.07. The van der Waals surface area contributed by atoms with Crippen molar-refractivity contribution in [1.82, 2.24) is 0 Å². The van der Waals surface area contributed by atoms with Gasteiger partial charge in [0.1, 0.15) is 11.5 Å². The number of hydrogen-bond acceptors (Lipinski definition) is 3. The van der Waals surface area contributed by atoms with E-state index < -0.39 is 6.61 Å². The van der Waals surface area contributed by atoms with Crippen LogP contribution < -0.4 is 20.1 Å². The van der Waals surface area contributed by atoms with Gasteiger partial charge < -0.3 is 20.1 Å². The number of methoxy groups -OCH3 is 1. The van der Waals surface area contributed by atoms with Gasteiger partial charge in [-0.3, -0.25) is 0 Å². The van der Waals surface area contributed by atoms with Crippen LogP contribution in [0.3, 0.4) is 0 Å². The minimum absolute atomic E-state index is 0.0865. The molecule has 128 valence electrons. The van der Waals surface area contributed by atoms with E-state index in [0.717, 1.165) is 0 Å². The SMILES string of the molecule is COc1ccc(Cl)cc1NC(=S)Nc1ccc(OC(F)F)cc1C. The molecule has 4 nitrogen and oxygen atoms in total. The standard InChI is InChI=1S/C16H15ClF2N2O2S/c1-9-7-11(23-15(18)19)4-5-12(9)20-16(24)21-13-8-10(17)3-6-14(13)22-2/h3-8,15H,1-2H3,(H2,20,21,24). The quantitative estimate of drug-likeness (QED) is 0.717. The molecule has 0 aliphatic rings. The molecule has 0 bridgehead atoms. The number of ether oxygens (including phenoxy) is 2. The molecule has 0 radical (unpaired) electrons. The Morgan fingerprint density at radius 1 is 1.12 bits per heavy atom. The second-order valence-electron chi connectivity index (χ2n) is 4.78. The third-order valence-electron chi connectivity index (χ3n) is 3.08. The molecular formula is C16H15ClF2N2O2S. The van der Waals surface area contributed by atoms with Gasteiger partial charge in [0.05, 0.1) is 12.8 Å². The molecular weight excluding hydrogens is 358 g/mol. The Kier molecular flexibility index (Phi) is 6.16. The molecule has 0 saturated heterocycles. The van der Waals surface area contributed by atoms with Gasteiger partial charge in [-0.1, -0.05) is 11.6 Å². The maximum absolute atomic E-state index is 12.2. The summed E-state index contributed by atoms with van der Waals surface area (Å²) < 4.78 is 34.0. The number of benzene rings is 2. The minimum atomic E-state index is -2.86. The maximum atomic E-state index is 12.2. The number of rotatable bonds is 5. The first-order valence-corrected chi connectivity index (χ1v) is 7.64. The van der Waals surface area contributed by atoms with E-state index in [9.17, 15) is 8.78 Å². The number of anilines is 2. The third kappa shape index (κ3) is 4.94. The van der Waals surface area contributed by atoms with Crippen LogP contribution in [-0.2, 0) is 0 Å². The Hall–Kier alpha value is -2.12. The molecule has 0 atom stereocenters. The zero-order valence-corrected chi connectivity index (χ0v) is 14.5. The van der Waals surface area contributed by atoms with E-state index in [1.807, 2.05) is 0 Å². The van der Waals surface area contributed by atoms with Crippen LogP contribution in [0, 0.1) is 6.92 Å². The Morgan fingerprint density at radius 2 is 1.83 bits per heavy atom. The first-order chi connectivity index (χ1) is 11.4. The van der Waals surface area contributed by atoms with E-state index in [2.05, 4.69) is 15.4 Å². The molecule has 24 heavy (non-hydrogen) atoms. The second kappa shape index (κ2) is 8.12. The molecule has 2 N–H and O–H groups in total. The van der Waals surface area contributed by atoms with Crippen LogP contribution in [0.2, 0.25) is 5.02 Å². The van der Waals surface area contributed by atoms with E-state index in [-0.39, 0.29) is 5.75 Å². The van der Waals surface area contributed by atoms with Gasteiger partial charge in [-0.25, -0.2) is 0 Å². The lowest BCUT2D eigenvalue weighted by atomic mass is 10.2. The first kappa shape index (κ1) is 18.2. The number of alkyl halides is 2. The molecule has 0 spiro atoms. The highest BCUT2D eigenvalue weighted by Crippen LogP contribution is 2.28. The lowest BCUT2D eigenvalue weighted by Crippen LogP contribution is -2.20. The number of nitrogens with one attached hydrogen (secondary N) is 2. The molecule has 0 amide bonds. The lowest BCUT2D eigenvalue weighted by Gasteiger charge is -2.15. The van der Waals surface area contributed by atoms with Crippen molar-refractivity contribution in [2.75, 3.05) is 17.7 Å². The van der Waals surface area contributed by atoms with Crippen molar-refractivity contribution in [3.8, 4) is 11.5 Å². The van der Waals surface area contributed by atoms with Gasteiger partial charge in [-0.05, 0) is 61.1 Å². The van der Waals surface area contributed by atoms with Crippen LogP contribution in [0.15, 0.2) is 36.4 Å². The molecule has 2 aromatic carbocycles. The van der Waals surface area contributed by atoms with Crippen molar-refractivity contribution >= 4 is 40.3 Å². The van der Waals surface area contributed by atoms with Gasteiger partial charge in [0.15, 0.2) is 5.11 Å². The Labute approximate surface area is 148 Å². The van der Waals surface area contributed by atoms with Crippen molar-refractivity contribution < 1.29 is 18.3 Å². The molecule has 0 fully saturated rings. The summed E-state index contributed by atoms with van der Waals surface area (Å²) in [6, 6.07) is 9.64. The third-order valence-corrected chi connectivity index (χ3v) is 3.52. The highest BCUT2D eigenvalue weighted by molar-refractivity contribution is 7.80. The summed E-state index contributed by atoms with van der Waals surface area (Å²) in [4.78, 5) is 0. The molecule has 2 rings (SSSR count). The summed E-state index contributed by atoms with van der Waals surface area (Å²) in [7, 11) is 1.54. The zero-order valence-electron chi connectivity index (χ0n) is 12.9. The summed E-state index contributed by atoms with van der Waals surface area (Å²) in [6.07, 6.45) is 0. The fourth-order valence-electron chi connectivity index (χ4n) is 2.01. The molecule has 0 aliphatic heterocycles. The van der Waals surface area contributed by atoms with E-state index in [1.165, 1.54) is 19.2 Å². The molecule has 2 aromatic rings. The first-order valence-electron chi connectivity index (χ1n) is 6.86. The van der Waals surface area contributed by atoms with Crippen LogP contribution in [0.4, 0.5) is 20.2 Å². The Morgan fingerprint density at radius 3 is 2.46 bits per heavy atom. The number of thiocarbonyl (C=S) groups is 1. The highest BCUT2D eigenvalue weighted by Gasteiger charge is 2.09. The highest BCUT2D eigenvalue weighted by atomic mass is 35.5. The maximum Gasteiger partial charge on any atom is 0.387 e. The largest absolute Gasteiger partial charge is 0.495 e. The van der Waals surface area contributed by atoms with Crippen LogP contribution in [0.5, 0.6) is 11.5 Å². The van der Waals surface area contributed by atoms with Gasteiger partial charge in [0, 0.05) is 10.7 Å². The van der Waals surface area contributed by atoms with Crippen molar-refractivity contribution in [3.05, 3.63) is 47.0 Å². The molecule has 0 saturated carbocycles. The summed E-state index contributed by atoms with van der Waals surface area (Å²) >= 11 is 11.2. The van der Waals surface area contributed by atoms with E-state index in [4.69, 9.17) is 28.6 Å². The number of hydrogen-bond donors (Lipinski definition) is 2. The average Bonchev–Trinajstić information content (AvgIpc) is 2.49. The minimum Gasteiger partial charge on any atom is -0.495 e. The summed E-state index contributed by atoms with van der Waals surface area (Å²) in [5.41, 5.74) is 1.98. The second-order valence-corrected chi connectivity index (χ2v) is 5.62. The van der Waals surface area contributed by atoms with Gasteiger partial charge in [-0.15, -0.1) is 0 Å². The predicted molar refractivity (Wildman–Crippen MR) is 95.7 cm³/mol. The molecule has 0 aliphatic carbocycles. The molecule has 8 heteroatoms. The Balaban J connectivity index is 2.09.